The number of esters is 2. The predicted molar refractivity (Wildman–Crippen MR) is 289 cm³/mol. The number of amides is 8. The van der Waals surface area contributed by atoms with Crippen LogP contribution in [0.2, 0.25) is 0 Å². The van der Waals surface area contributed by atoms with Crippen molar-refractivity contribution in [1.82, 2.24) is 31.1 Å². The van der Waals surface area contributed by atoms with Crippen LogP contribution < -0.4 is 38.1 Å². The molecule has 2 aromatic carbocycles. The third-order valence-corrected chi connectivity index (χ3v) is 12.8. The molecule has 0 aliphatic heterocycles. The highest BCUT2D eigenvalue weighted by Gasteiger charge is 2.45. The fraction of sp³-hybridized carbons (Fsp3) is 0.582. The second-order valence-corrected chi connectivity index (χ2v) is 21.1. The minimum Gasteiger partial charge on any atom is -0.466 e. The Balaban J connectivity index is 2.40. The highest BCUT2D eigenvalue weighted by Crippen LogP contribution is 2.32. The van der Waals surface area contributed by atoms with Gasteiger partial charge in [-0.25, -0.2) is 14.4 Å². The first-order valence-corrected chi connectivity index (χ1v) is 25.8. The molecular weight excluding hydrogens is 979 g/mol. The Morgan fingerprint density at radius 2 is 1.32 bits per heavy atom. The Morgan fingerprint density at radius 1 is 0.711 bits per heavy atom. The van der Waals surface area contributed by atoms with Crippen LogP contribution in [0.4, 0.5) is 15.3 Å². The Hall–Kier alpha value is -7.03. The Labute approximate surface area is 448 Å². The maximum Gasteiger partial charge on any atom is 0.410 e. The van der Waals surface area contributed by atoms with E-state index in [4.69, 9.17) is 25.7 Å². The van der Waals surface area contributed by atoms with Gasteiger partial charge in [0, 0.05) is 43.7 Å². The molecule has 0 heterocycles. The molecule has 0 aliphatic carbocycles. The largest absolute Gasteiger partial charge is 0.466 e. The van der Waals surface area contributed by atoms with Gasteiger partial charge in [0.05, 0.1) is 25.3 Å². The van der Waals surface area contributed by atoms with Crippen molar-refractivity contribution in [2.75, 3.05) is 39.2 Å². The molecule has 0 spiro atoms. The average molecular weight is 1060 g/mol. The molecule has 0 aliphatic rings. The lowest BCUT2D eigenvalue weighted by atomic mass is 9.76. The molecular formula is C55H85N9O12. The lowest BCUT2D eigenvalue weighted by molar-refractivity contribution is -0.148. The lowest BCUT2D eigenvalue weighted by Crippen LogP contribution is -2.63. The number of urea groups is 1. The number of rotatable bonds is 28. The summed E-state index contributed by atoms with van der Waals surface area (Å²) < 4.78 is 15.9. The summed E-state index contributed by atoms with van der Waals surface area (Å²) in [6.07, 6.45) is 1.10. The molecule has 0 unspecified atom stereocenters. The van der Waals surface area contributed by atoms with E-state index in [1.165, 1.54) is 16.8 Å². The second kappa shape index (κ2) is 30.5. The van der Waals surface area contributed by atoms with Crippen LogP contribution in [-0.4, -0.2) is 134 Å². The van der Waals surface area contributed by atoms with E-state index in [9.17, 15) is 43.2 Å². The molecule has 6 atom stereocenters. The van der Waals surface area contributed by atoms with E-state index in [2.05, 4.69) is 26.6 Å². The molecule has 422 valence electrons. The van der Waals surface area contributed by atoms with Crippen LogP contribution in [0.15, 0.2) is 66.2 Å². The van der Waals surface area contributed by atoms with Crippen molar-refractivity contribution in [2.45, 2.75) is 157 Å². The summed E-state index contributed by atoms with van der Waals surface area (Å²) in [6, 6.07) is 8.87. The smallest absolute Gasteiger partial charge is 0.410 e. The van der Waals surface area contributed by atoms with E-state index in [1.54, 1.807) is 92.8 Å². The zero-order chi connectivity index (χ0) is 57.7. The van der Waals surface area contributed by atoms with E-state index in [0.717, 1.165) is 5.56 Å². The third-order valence-electron chi connectivity index (χ3n) is 12.8. The minimum absolute atomic E-state index is 0.0508. The molecule has 21 nitrogen and oxygen atoms in total. The maximum atomic E-state index is 14.9. The SMILES string of the molecule is CCOC(=O)CC[C@@H](NC(=O)/C(C)=C/[C@H](C(C)C)N(C)C(=O)[C@@H](NC(=O)[C@@H](N(C)C(=O)OCc1ccc(NC(=O)[C@H](CCCNC(N)=O)NC(=O)[C@@H](N)C(C)C)cc1)C(C)(C)c1ccccc1)C(C)(C)C)C(=O)OCC. The van der Waals surface area contributed by atoms with Gasteiger partial charge in [-0.3, -0.25) is 33.7 Å². The van der Waals surface area contributed by atoms with Crippen LogP contribution in [0, 0.1) is 17.3 Å². The monoisotopic (exact) mass is 1060 g/mol. The number of nitrogens with zero attached hydrogens (tertiary/aromatic N) is 2. The topological polar surface area (TPSA) is 300 Å². The van der Waals surface area contributed by atoms with E-state index in [0.29, 0.717) is 17.7 Å². The molecule has 76 heavy (non-hydrogen) atoms. The molecule has 0 aromatic heterocycles. The van der Waals surface area contributed by atoms with Gasteiger partial charge in [-0.1, -0.05) is 111 Å². The van der Waals surface area contributed by atoms with Crippen molar-refractivity contribution in [1.29, 1.82) is 0 Å². The highest BCUT2D eigenvalue weighted by atomic mass is 16.6. The van der Waals surface area contributed by atoms with Gasteiger partial charge < -0.3 is 57.2 Å². The van der Waals surface area contributed by atoms with E-state index in [1.807, 2.05) is 58.0 Å². The summed E-state index contributed by atoms with van der Waals surface area (Å²) in [5.74, 6) is -4.40. The van der Waals surface area contributed by atoms with Crippen LogP contribution in [0.5, 0.6) is 0 Å². The Bertz CT molecular complexity index is 2320. The number of nitrogens with two attached hydrogens (primary N) is 2. The molecule has 0 bridgehead atoms. The summed E-state index contributed by atoms with van der Waals surface area (Å²) in [5, 5.41) is 13.6. The second-order valence-electron chi connectivity index (χ2n) is 21.1. The standard InChI is InChI=1S/C55H85N9O12/c1-15-74-42(65)29-28-40(51(71)75-16-2)61-46(66)35(7)31-41(33(3)4)63(13)50(70)44(54(8,9)10)62-49(69)45(55(11,12)37-21-18-17-19-22-37)64(14)53(73)76-32-36-24-26-38(27-25-36)59-47(67)39(23-20-30-58-52(57)72)60-48(68)43(56)34(5)6/h17-19,21-22,24-27,31,33-34,39-41,43-45H,15-16,20,23,28-30,32,56H2,1-14H3,(H,59,67)(H,60,68)(H,61,66)(H,62,69)(H3,57,58,72)/b35-31+/t39-,40+,41+,43-,44+,45+/m0/s1. The number of ether oxygens (including phenoxy) is 3. The van der Waals surface area contributed by atoms with Crippen molar-refractivity contribution in [3.05, 3.63) is 77.4 Å². The fourth-order valence-electron chi connectivity index (χ4n) is 8.20. The van der Waals surface area contributed by atoms with Crippen molar-refractivity contribution in [2.24, 2.45) is 28.7 Å². The van der Waals surface area contributed by atoms with Gasteiger partial charge in [0.25, 0.3) is 0 Å². The van der Waals surface area contributed by atoms with Crippen LogP contribution in [0.25, 0.3) is 0 Å². The number of likely N-dealkylation sites (N-methyl/N-ethyl adjacent to an activating group) is 2. The Morgan fingerprint density at radius 3 is 1.86 bits per heavy atom. The number of hydrogen-bond donors (Lipinski definition) is 7. The number of benzene rings is 2. The number of anilines is 1. The van der Waals surface area contributed by atoms with Crippen molar-refractivity contribution >= 4 is 59.3 Å². The van der Waals surface area contributed by atoms with Gasteiger partial charge in [0.2, 0.25) is 29.5 Å². The number of carbonyl (C=O) groups is 9. The van der Waals surface area contributed by atoms with Gasteiger partial charge in [0.15, 0.2) is 0 Å². The summed E-state index contributed by atoms with van der Waals surface area (Å²) >= 11 is 0. The van der Waals surface area contributed by atoms with E-state index < -0.39 is 101 Å². The average Bonchev–Trinajstić information content (AvgIpc) is 3.35. The number of hydrogen-bond acceptors (Lipinski definition) is 13. The number of carbonyl (C=O) groups excluding carboxylic acids is 9. The highest BCUT2D eigenvalue weighted by molar-refractivity contribution is 5.98. The lowest BCUT2D eigenvalue weighted by Gasteiger charge is -2.42. The first kappa shape index (κ1) is 65.1. The molecule has 0 saturated carbocycles. The maximum absolute atomic E-state index is 14.9. The summed E-state index contributed by atoms with van der Waals surface area (Å²) in [5.41, 5.74) is 11.1. The molecule has 0 saturated heterocycles. The van der Waals surface area contributed by atoms with E-state index in [-0.39, 0.29) is 63.0 Å². The molecule has 2 aromatic rings. The first-order valence-electron chi connectivity index (χ1n) is 25.8. The van der Waals surface area contributed by atoms with Crippen LogP contribution in [-0.2, 0) is 59.8 Å². The normalized spacial score (nSPS) is 14.1. The molecule has 0 radical (unpaired) electrons. The van der Waals surface area contributed by atoms with Gasteiger partial charge in [-0.05, 0) is 80.5 Å². The number of nitrogens with one attached hydrogen (secondary N) is 5. The first-order chi connectivity index (χ1) is 35.5. The predicted octanol–water partition coefficient (Wildman–Crippen LogP) is 4.81. The van der Waals surface area contributed by atoms with Gasteiger partial charge in [-0.15, -0.1) is 0 Å². The van der Waals surface area contributed by atoms with Crippen molar-refractivity contribution in [3.8, 4) is 0 Å². The summed E-state index contributed by atoms with van der Waals surface area (Å²) in [4.78, 5) is 122. The van der Waals surface area contributed by atoms with Crippen molar-refractivity contribution in [3.63, 3.8) is 0 Å². The summed E-state index contributed by atoms with van der Waals surface area (Å²) in [6.45, 7) is 21.4. The molecule has 8 amide bonds. The van der Waals surface area contributed by atoms with Gasteiger partial charge in [0.1, 0.15) is 30.8 Å². The Kier molecular flexibility index (Phi) is 26.1. The van der Waals surface area contributed by atoms with Crippen LogP contribution in [0.1, 0.15) is 120 Å². The van der Waals surface area contributed by atoms with Crippen LogP contribution in [0.3, 0.4) is 0 Å². The molecule has 9 N–H and O–H groups in total. The number of primary amides is 1. The third kappa shape index (κ3) is 20.3. The molecule has 21 heteroatoms. The van der Waals surface area contributed by atoms with E-state index >= 15 is 0 Å². The van der Waals surface area contributed by atoms with Crippen molar-refractivity contribution < 1.29 is 57.4 Å². The zero-order valence-electron chi connectivity index (χ0n) is 47.0. The fourth-order valence-corrected chi connectivity index (χ4v) is 8.20. The van der Waals surface area contributed by atoms with Gasteiger partial charge >= 0.3 is 24.1 Å². The summed E-state index contributed by atoms with van der Waals surface area (Å²) in [7, 11) is 3.02. The minimum atomic E-state index is -1.24. The molecule has 2 rings (SSSR count). The van der Waals surface area contributed by atoms with Gasteiger partial charge in [-0.2, -0.15) is 0 Å². The van der Waals surface area contributed by atoms with Crippen LogP contribution >= 0.6 is 0 Å². The quantitative estimate of drug-likeness (QED) is 0.0261. The molecule has 0 fully saturated rings. The zero-order valence-corrected chi connectivity index (χ0v) is 47.0.